The molecule has 0 atom stereocenters. The van der Waals surface area contributed by atoms with E-state index in [1.54, 1.807) is 0 Å². The molecule has 0 saturated carbocycles. The number of anilines is 1. The van der Waals surface area contributed by atoms with Gasteiger partial charge in [0.1, 0.15) is 0 Å². The Labute approximate surface area is 127 Å². The molecule has 0 aliphatic rings. The molecule has 2 aromatic carbocycles. The van der Waals surface area contributed by atoms with Gasteiger partial charge in [0.05, 0.1) is 11.6 Å². The Morgan fingerprint density at radius 2 is 1.95 bits per heavy atom. The number of hydrogen-bond donors (Lipinski definition) is 1. The Bertz CT molecular complexity index is 646. The topological polar surface area (TPSA) is 53.0 Å². The zero-order valence-corrected chi connectivity index (χ0v) is 12.9. The van der Waals surface area contributed by atoms with Gasteiger partial charge in [-0.15, -0.1) is 0 Å². The molecule has 3 nitrogen and oxygen atoms in total. The molecule has 0 spiro atoms. The average Bonchev–Trinajstić information content (AvgIpc) is 2.44. The van der Waals surface area contributed by atoms with Crippen molar-refractivity contribution in [1.82, 2.24) is 4.90 Å². The van der Waals surface area contributed by atoms with E-state index in [2.05, 4.69) is 40.0 Å². The van der Waals surface area contributed by atoms with Crippen molar-refractivity contribution in [2.75, 3.05) is 12.8 Å². The standard InChI is InChI=1S/C16H16BrN3/c1-20(10-13-5-2-4-12(8-13)9-18)11-14-6-3-7-15(19)16(14)17/h2-8H,10-11,19H2,1H3. The van der Waals surface area contributed by atoms with Crippen molar-refractivity contribution in [1.29, 1.82) is 5.26 Å². The number of nitrogens with two attached hydrogens (primary N) is 1. The molecule has 2 aromatic rings. The molecule has 0 aliphatic carbocycles. The van der Waals surface area contributed by atoms with E-state index in [1.807, 2.05) is 36.4 Å². The Morgan fingerprint density at radius 3 is 2.70 bits per heavy atom. The average molecular weight is 330 g/mol. The van der Waals surface area contributed by atoms with E-state index in [0.29, 0.717) is 5.56 Å². The first-order valence-electron chi connectivity index (χ1n) is 6.30. The summed E-state index contributed by atoms with van der Waals surface area (Å²) in [7, 11) is 2.05. The van der Waals surface area contributed by atoms with Gasteiger partial charge in [0.25, 0.3) is 0 Å². The van der Waals surface area contributed by atoms with Crippen LogP contribution in [-0.4, -0.2) is 11.9 Å². The minimum Gasteiger partial charge on any atom is -0.398 e. The molecule has 0 fully saturated rings. The van der Waals surface area contributed by atoms with Gasteiger partial charge in [0, 0.05) is 23.2 Å². The fourth-order valence-electron chi connectivity index (χ4n) is 2.12. The van der Waals surface area contributed by atoms with Crippen LogP contribution in [0.2, 0.25) is 0 Å². The molecule has 102 valence electrons. The normalized spacial score (nSPS) is 10.5. The van der Waals surface area contributed by atoms with Crippen molar-refractivity contribution in [2.45, 2.75) is 13.1 Å². The highest BCUT2D eigenvalue weighted by molar-refractivity contribution is 9.10. The lowest BCUT2D eigenvalue weighted by Gasteiger charge is -2.18. The summed E-state index contributed by atoms with van der Waals surface area (Å²) in [5, 5.41) is 8.91. The molecule has 20 heavy (non-hydrogen) atoms. The second kappa shape index (κ2) is 6.56. The van der Waals surface area contributed by atoms with Crippen molar-refractivity contribution in [3.63, 3.8) is 0 Å². The summed E-state index contributed by atoms with van der Waals surface area (Å²) in [5.74, 6) is 0. The monoisotopic (exact) mass is 329 g/mol. The van der Waals surface area contributed by atoms with Crippen molar-refractivity contribution in [3.05, 3.63) is 63.6 Å². The molecule has 0 amide bonds. The first-order chi connectivity index (χ1) is 9.60. The van der Waals surface area contributed by atoms with E-state index in [9.17, 15) is 0 Å². The number of benzene rings is 2. The molecule has 2 rings (SSSR count). The maximum atomic E-state index is 8.91. The van der Waals surface area contributed by atoms with Crippen LogP contribution >= 0.6 is 15.9 Å². The number of halogens is 1. The number of hydrogen-bond acceptors (Lipinski definition) is 3. The molecule has 0 radical (unpaired) electrons. The fraction of sp³-hybridized carbons (Fsp3) is 0.188. The second-order valence-corrected chi connectivity index (χ2v) is 5.60. The summed E-state index contributed by atoms with van der Waals surface area (Å²) in [5.41, 5.74) is 9.62. The Morgan fingerprint density at radius 1 is 1.20 bits per heavy atom. The van der Waals surface area contributed by atoms with E-state index in [-0.39, 0.29) is 0 Å². The molecule has 2 N–H and O–H groups in total. The van der Waals surface area contributed by atoms with Gasteiger partial charge in [0.15, 0.2) is 0 Å². The van der Waals surface area contributed by atoms with E-state index < -0.39 is 0 Å². The number of nitrogen functional groups attached to an aromatic ring is 1. The number of nitriles is 1. The van der Waals surface area contributed by atoms with Crippen molar-refractivity contribution in [2.24, 2.45) is 0 Å². The van der Waals surface area contributed by atoms with Crippen LogP contribution in [0.4, 0.5) is 5.69 Å². The second-order valence-electron chi connectivity index (χ2n) is 4.80. The van der Waals surface area contributed by atoms with E-state index in [0.717, 1.165) is 34.4 Å². The van der Waals surface area contributed by atoms with Gasteiger partial charge >= 0.3 is 0 Å². The SMILES string of the molecule is CN(Cc1cccc(C#N)c1)Cc1cccc(N)c1Br. The zero-order valence-electron chi connectivity index (χ0n) is 11.3. The molecule has 0 saturated heterocycles. The maximum Gasteiger partial charge on any atom is 0.0991 e. The van der Waals surface area contributed by atoms with Gasteiger partial charge in [-0.3, -0.25) is 4.90 Å². The molecule has 4 heteroatoms. The van der Waals surface area contributed by atoms with Crippen LogP contribution in [-0.2, 0) is 13.1 Å². The van der Waals surface area contributed by atoms with Crippen LogP contribution < -0.4 is 5.73 Å². The van der Waals surface area contributed by atoms with E-state index >= 15 is 0 Å². The van der Waals surface area contributed by atoms with Gasteiger partial charge in [-0.1, -0.05) is 24.3 Å². The molecule has 0 heterocycles. The quantitative estimate of drug-likeness (QED) is 0.873. The van der Waals surface area contributed by atoms with E-state index in [1.165, 1.54) is 0 Å². The Balaban J connectivity index is 2.07. The summed E-state index contributed by atoms with van der Waals surface area (Å²) >= 11 is 3.52. The summed E-state index contributed by atoms with van der Waals surface area (Å²) in [4.78, 5) is 2.19. The lowest BCUT2D eigenvalue weighted by atomic mass is 10.1. The van der Waals surface area contributed by atoms with Crippen LogP contribution in [0, 0.1) is 11.3 Å². The predicted molar refractivity (Wildman–Crippen MR) is 84.9 cm³/mol. The summed E-state index contributed by atoms with van der Waals surface area (Å²) in [6, 6.07) is 15.7. The Kier molecular flexibility index (Phi) is 4.78. The van der Waals surface area contributed by atoms with Gasteiger partial charge in [0.2, 0.25) is 0 Å². The van der Waals surface area contributed by atoms with Gasteiger partial charge < -0.3 is 5.73 Å². The van der Waals surface area contributed by atoms with E-state index in [4.69, 9.17) is 11.0 Å². The highest BCUT2D eigenvalue weighted by Crippen LogP contribution is 2.25. The third-order valence-corrected chi connectivity index (χ3v) is 4.02. The number of nitrogens with zero attached hydrogens (tertiary/aromatic N) is 2. The Hall–Kier alpha value is -1.83. The third kappa shape index (κ3) is 3.60. The van der Waals surface area contributed by atoms with Crippen molar-refractivity contribution < 1.29 is 0 Å². The smallest absolute Gasteiger partial charge is 0.0991 e. The maximum absolute atomic E-state index is 8.91. The summed E-state index contributed by atoms with van der Waals surface area (Å²) < 4.78 is 0.956. The van der Waals surface area contributed by atoms with Crippen LogP contribution in [0.1, 0.15) is 16.7 Å². The molecule has 0 aliphatic heterocycles. The molecular weight excluding hydrogens is 314 g/mol. The summed E-state index contributed by atoms with van der Waals surface area (Å²) in [6.45, 7) is 1.58. The zero-order chi connectivity index (χ0) is 14.5. The van der Waals surface area contributed by atoms with Crippen LogP contribution in [0.15, 0.2) is 46.9 Å². The molecular formula is C16H16BrN3. The van der Waals surface area contributed by atoms with Gasteiger partial charge in [-0.05, 0) is 52.3 Å². The largest absolute Gasteiger partial charge is 0.398 e. The first kappa shape index (κ1) is 14.6. The van der Waals surface area contributed by atoms with Crippen molar-refractivity contribution in [3.8, 4) is 6.07 Å². The highest BCUT2D eigenvalue weighted by Gasteiger charge is 2.07. The van der Waals surface area contributed by atoms with Crippen molar-refractivity contribution >= 4 is 21.6 Å². The van der Waals surface area contributed by atoms with Gasteiger partial charge in [-0.2, -0.15) is 5.26 Å². The minimum atomic E-state index is 0.695. The highest BCUT2D eigenvalue weighted by atomic mass is 79.9. The molecule has 0 unspecified atom stereocenters. The molecule has 0 bridgehead atoms. The summed E-state index contributed by atoms with van der Waals surface area (Å²) in [6.07, 6.45) is 0. The minimum absolute atomic E-state index is 0.695. The molecule has 0 aromatic heterocycles. The lowest BCUT2D eigenvalue weighted by Crippen LogP contribution is -2.17. The van der Waals surface area contributed by atoms with Crippen LogP contribution in [0.3, 0.4) is 0 Å². The third-order valence-electron chi connectivity index (χ3n) is 3.06. The van der Waals surface area contributed by atoms with Gasteiger partial charge in [-0.25, -0.2) is 0 Å². The fourth-order valence-corrected chi connectivity index (χ4v) is 2.51. The number of rotatable bonds is 4. The predicted octanol–water partition coefficient (Wildman–Crippen LogP) is 3.53. The lowest BCUT2D eigenvalue weighted by molar-refractivity contribution is 0.318. The van der Waals surface area contributed by atoms with Crippen LogP contribution in [0.5, 0.6) is 0 Å². The first-order valence-corrected chi connectivity index (χ1v) is 7.10. The van der Waals surface area contributed by atoms with Crippen LogP contribution in [0.25, 0.3) is 0 Å².